The molecule has 0 bridgehead atoms. The molecule has 0 saturated carbocycles. The number of amides is 1. The second-order valence-corrected chi connectivity index (χ2v) is 6.71. The van der Waals surface area contributed by atoms with Gasteiger partial charge in [-0.25, -0.2) is 0 Å². The molecule has 1 aromatic rings. The summed E-state index contributed by atoms with van der Waals surface area (Å²) < 4.78 is 5.26. The number of carbonyl (C=O) groups is 1. The van der Waals surface area contributed by atoms with Crippen molar-refractivity contribution in [3.8, 4) is 0 Å². The maximum absolute atomic E-state index is 12.4. The Hall–Kier alpha value is -1.69. The molecule has 1 N–H and O–H groups in total. The van der Waals surface area contributed by atoms with E-state index in [1.165, 1.54) is 0 Å². The first-order valence-corrected chi connectivity index (χ1v) is 8.71. The van der Waals surface area contributed by atoms with E-state index in [0.29, 0.717) is 18.2 Å². The van der Waals surface area contributed by atoms with E-state index in [4.69, 9.17) is 4.74 Å². The van der Waals surface area contributed by atoms with Crippen molar-refractivity contribution < 1.29 is 9.53 Å². The first-order chi connectivity index (χ1) is 11.6. The number of carbonyl (C=O) groups excluding carboxylic acids is 1. The van der Waals surface area contributed by atoms with E-state index in [1.807, 2.05) is 37.3 Å². The van der Waals surface area contributed by atoms with Crippen LogP contribution in [0.4, 0.5) is 0 Å². The second kappa shape index (κ2) is 7.92. The van der Waals surface area contributed by atoms with E-state index >= 15 is 0 Å². The molecule has 0 aliphatic carbocycles. The van der Waals surface area contributed by atoms with Crippen LogP contribution in [0.2, 0.25) is 0 Å². The van der Waals surface area contributed by atoms with Crippen LogP contribution in [-0.2, 0) is 9.53 Å². The number of hydrogen-bond donors (Lipinski definition) is 1. The van der Waals surface area contributed by atoms with Crippen molar-refractivity contribution in [2.45, 2.75) is 19.0 Å². The predicted molar refractivity (Wildman–Crippen MR) is 94.8 cm³/mol. The molecule has 1 aromatic carbocycles. The fraction of sp³-hybridized carbons (Fsp3) is 0.526. The Labute approximate surface area is 144 Å². The molecule has 0 radical (unpaired) electrons. The Kier molecular flexibility index (Phi) is 5.66. The van der Waals surface area contributed by atoms with Crippen molar-refractivity contribution in [2.75, 3.05) is 45.9 Å². The van der Waals surface area contributed by atoms with Gasteiger partial charge in [0.25, 0.3) is 0 Å². The van der Waals surface area contributed by atoms with Crippen molar-refractivity contribution in [2.24, 2.45) is 0 Å². The average Bonchev–Trinajstić information content (AvgIpc) is 2.55. The zero-order chi connectivity index (χ0) is 16.9. The normalized spacial score (nSPS) is 21.0. The highest BCUT2D eigenvalue weighted by molar-refractivity contribution is 5.93. The Bertz CT molecular complexity index is 563. The summed E-state index contributed by atoms with van der Waals surface area (Å²) in [6.07, 6.45) is 0. The fourth-order valence-corrected chi connectivity index (χ4v) is 3.19. The lowest BCUT2D eigenvalue weighted by atomic mass is 10.1. The SMILES string of the molecule is C=C(CN1CCN(C2COC2)CC1)C(=O)N[C@@H](C)c1ccccc1. The van der Waals surface area contributed by atoms with Crippen molar-refractivity contribution in [1.29, 1.82) is 0 Å². The van der Waals surface area contributed by atoms with Gasteiger partial charge < -0.3 is 10.1 Å². The third kappa shape index (κ3) is 4.23. The minimum atomic E-state index is -0.0545. The molecule has 1 atom stereocenters. The first kappa shape index (κ1) is 17.1. The van der Waals surface area contributed by atoms with Gasteiger partial charge in [-0.3, -0.25) is 14.6 Å². The summed E-state index contributed by atoms with van der Waals surface area (Å²) in [5.41, 5.74) is 1.74. The van der Waals surface area contributed by atoms with E-state index in [0.717, 1.165) is 45.0 Å². The van der Waals surface area contributed by atoms with Gasteiger partial charge in [-0.1, -0.05) is 36.9 Å². The summed E-state index contributed by atoms with van der Waals surface area (Å²) in [5.74, 6) is -0.0545. The topological polar surface area (TPSA) is 44.8 Å². The van der Waals surface area contributed by atoms with Crippen LogP contribution in [-0.4, -0.2) is 67.7 Å². The van der Waals surface area contributed by atoms with Crippen molar-refractivity contribution in [1.82, 2.24) is 15.1 Å². The lowest BCUT2D eigenvalue weighted by Gasteiger charge is -2.42. The van der Waals surface area contributed by atoms with E-state index in [2.05, 4.69) is 21.7 Å². The van der Waals surface area contributed by atoms with Crippen LogP contribution in [0.15, 0.2) is 42.5 Å². The molecule has 5 heteroatoms. The minimum absolute atomic E-state index is 0.00841. The van der Waals surface area contributed by atoms with E-state index in [9.17, 15) is 4.79 Å². The Morgan fingerprint density at radius 3 is 2.50 bits per heavy atom. The number of piperazine rings is 1. The van der Waals surface area contributed by atoms with E-state index < -0.39 is 0 Å². The Morgan fingerprint density at radius 2 is 1.92 bits per heavy atom. The van der Waals surface area contributed by atoms with Crippen LogP contribution in [0, 0.1) is 0 Å². The van der Waals surface area contributed by atoms with Crippen LogP contribution in [0.5, 0.6) is 0 Å². The van der Waals surface area contributed by atoms with Gasteiger partial charge >= 0.3 is 0 Å². The molecule has 3 rings (SSSR count). The predicted octanol–water partition coefficient (Wildman–Crippen LogP) is 1.44. The summed E-state index contributed by atoms with van der Waals surface area (Å²) in [6.45, 7) is 12.4. The molecule has 2 saturated heterocycles. The highest BCUT2D eigenvalue weighted by atomic mass is 16.5. The largest absolute Gasteiger partial charge is 0.378 e. The van der Waals surface area contributed by atoms with Gasteiger partial charge in [0, 0.05) is 38.3 Å². The zero-order valence-electron chi connectivity index (χ0n) is 14.4. The van der Waals surface area contributed by atoms with Gasteiger partial charge in [-0.15, -0.1) is 0 Å². The maximum Gasteiger partial charge on any atom is 0.248 e. The standard InChI is InChI=1S/C19H27N3O2/c1-15(19(23)20-16(2)17-6-4-3-5-7-17)12-21-8-10-22(11-9-21)18-13-24-14-18/h3-7,16,18H,1,8-14H2,2H3,(H,20,23)/t16-/m0/s1. The third-order valence-corrected chi connectivity index (χ3v) is 4.93. The summed E-state index contributed by atoms with van der Waals surface area (Å²) in [7, 11) is 0. The van der Waals surface area contributed by atoms with Crippen LogP contribution >= 0.6 is 0 Å². The van der Waals surface area contributed by atoms with Crippen LogP contribution in [0.3, 0.4) is 0 Å². The number of nitrogens with zero attached hydrogens (tertiary/aromatic N) is 2. The van der Waals surface area contributed by atoms with Crippen molar-refractivity contribution in [3.05, 3.63) is 48.0 Å². The monoisotopic (exact) mass is 329 g/mol. The molecule has 5 nitrogen and oxygen atoms in total. The van der Waals surface area contributed by atoms with Crippen LogP contribution < -0.4 is 5.32 Å². The zero-order valence-corrected chi connectivity index (χ0v) is 14.4. The fourth-order valence-electron chi connectivity index (χ4n) is 3.19. The van der Waals surface area contributed by atoms with E-state index in [-0.39, 0.29) is 11.9 Å². The van der Waals surface area contributed by atoms with Crippen molar-refractivity contribution in [3.63, 3.8) is 0 Å². The molecule has 2 aliphatic heterocycles. The summed E-state index contributed by atoms with van der Waals surface area (Å²) in [5, 5.41) is 3.04. The van der Waals surface area contributed by atoms with Gasteiger partial charge in [0.05, 0.1) is 25.3 Å². The average molecular weight is 329 g/mol. The number of benzene rings is 1. The quantitative estimate of drug-likeness (QED) is 0.802. The molecule has 24 heavy (non-hydrogen) atoms. The molecule has 0 aromatic heterocycles. The minimum Gasteiger partial charge on any atom is -0.378 e. The molecule has 0 unspecified atom stereocenters. The number of ether oxygens (including phenoxy) is 1. The maximum atomic E-state index is 12.4. The highest BCUT2D eigenvalue weighted by Crippen LogP contribution is 2.15. The molecule has 0 spiro atoms. The van der Waals surface area contributed by atoms with Gasteiger partial charge in [-0.2, -0.15) is 0 Å². The molecule has 2 fully saturated rings. The molecule has 1 amide bonds. The molecular formula is C19H27N3O2. The summed E-state index contributed by atoms with van der Waals surface area (Å²) in [4.78, 5) is 17.2. The Balaban J connectivity index is 1.42. The van der Waals surface area contributed by atoms with Gasteiger partial charge in [0.1, 0.15) is 0 Å². The number of hydrogen-bond acceptors (Lipinski definition) is 4. The van der Waals surface area contributed by atoms with E-state index in [1.54, 1.807) is 0 Å². The number of nitrogens with one attached hydrogen (secondary N) is 1. The molecule has 2 heterocycles. The van der Waals surface area contributed by atoms with Gasteiger partial charge in [0.15, 0.2) is 0 Å². The van der Waals surface area contributed by atoms with Crippen LogP contribution in [0.25, 0.3) is 0 Å². The molecule has 130 valence electrons. The summed E-state index contributed by atoms with van der Waals surface area (Å²) in [6, 6.07) is 10.6. The lowest BCUT2D eigenvalue weighted by molar-refractivity contribution is -0.118. The number of rotatable bonds is 6. The first-order valence-electron chi connectivity index (χ1n) is 8.71. The van der Waals surface area contributed by atoms with Crippen LogP contribution in [0.1, 0.15) is 18.5 Å². The highest BCUT2D eigenvalue weighted by Gasteiger charge is 2.29. The third-order valence-electron chi connectivity index (χ3n) is 4.93. The lowest BCUT2D eigenvalue weighted by Crippen LogP contribution is -2.56. The van der Waals surface area contributed by atoms with Gasteiger partial charge in [-0.05, 0) is 12.5 Å². The van der Waals surface area contributed by atoms with Gasteiger partial charge in [0.2, 0.25) is 5.91 Å². The molecule has 2 aliphatic rings. The molecular weight excluding hydrogens is 302 g/mol. The summed E-state index contributed by atoms with van der Waals surface area (Å²) >= 11 is 0. The van der Waals surface area contributed by atoms with Crippen molar-refractivity contribution >= 4 is 5.91 Å². The smallest absolute Gasteiger partial charge is 0.248 e. The Morgan fingerprint density at radius 1 is 1.25 bits per heavy atom. The second-order valence-electron chi connectivity index (χ2n) is 6.71.